The Balaban J connectivity index is 2.89. The molecule has 0 saturated carbocycles. The maximum absolute atomic E-state index is 12.9. The van der Waals surface area contributed by atoms with Gasteiger partial charge in [0.1, 0.15) is 5.82 Å². The molecule has 0 unspecified atom stereocenters. The Bertz CT molecular complexity index is 297. The number of nitrogens with two attached hydrogens (primary N) is 1. The summed E-state index contributed by atoms with van der Waals surface area (Å²) in [6, 6.07) is 5.11. The van der Waals surface area contributed by atoms with Gasteiger partial charge in [-0.25, -0.2) is 4.39 Å². The molecule has 3 heteroatoms. The Hall–Kier alpha value is -1.09. The van der Waals surface area contributed by atoms with Gasteiger partial charge in [-0.2, -0.15) is 0 Å². The molecule has 1 aromatic carbocycles. The number of nitrogens with one attached hydrogen (secondary N) is 1. The van der Waals surface area contributed by atoms with Gasteiger partial charge in [-0.05, 0) is 50.6 Å². The summed E-state index contributed by atoms with van der Waals surface area (Å²) in [5, 5.41) is 3.26. The van der Waals surface area contributed by atoms with Gasteiger partial charge in [0, 0.05) is 11.7 Å². The molecule has 0 amide bonds. The molecule has 0 aliphatic rings. The molecule has 0 fully saturated rings. The average Bonchev–Trinajstić information content (AvgIpc) is 2.09. The fraction of sp³-hybridized carbons (Fsp3) is 0.455. The Morgan fingerprint density at radius 1 is 1.43 bits per heavy atom. The SMILES string of the molecule is CC(C)Nc1ccc(F)cc1CCN. The zero-order valence-electron chi connectivity index (χ0n) is 8.68. The van der Waals surface area contributed by atoms with Crippen LogP contribution in [0.3, 0.4) is 0 Å². The van der Waals surface area contributed by atoms with Crippen LogP contribution in [0.5, 0.6) is 0 Å². The third kappa shape index (κ3) is 3.00. The van der Waals surface area contributed by atoms with Gasteiger partial charge >= 0.3 is 0 Å². The monoisotopic (exact) mass is 196 g/mol. The van der Waals surface area contributed by atoms with Crippen LogP contribution in [-0.2, 0) is 6.42 Å². The van der Waals surface area contributed by atoms with E-state index in [1.54, 1.807) is 6.07 Å². The van der Waals surface area contributed by atoms with Crippen molar-refractivity contribution in [2.45, 2.75) is 26.3 Å². The molecule has 1 rings (SSSR count). The summed E-state index contributed by atoms with van der Waals surface area (Å²) in [6.07, 6.45) is 0.701. The lowest BCUT2D eigenvalue weighted by Crippen LogP contribution is -2.13. The van der Waals surface area contributed by atoms with Gasteiger partial charge in [0.2, 0.25) is 0 Å². The summed E-state index contributed by atoms with van der Waals surface area (Å²) in [6.45, 7) is 4.64. The van der Waals surface area contributed by atoms with Gasteiger partial charge in [0.15, 0.2) is 0 Å². The fourth-order valence-corrected chi connectivity index (χ4v) is 1.38. The molecule has 0 aromatic heterocycles. The van der Waals surface area contributed by atoms with E-state index in [0.717, 1.165) is 11.3 Å². The zero-order valence-corrected chi connectivity index (χ0v) is 8.68. The van der Waals surface area contributed by atoms with Crippen LogP contribution < -0.4 is 11.1 Å². The molecule has 0 radical (unpaired) electrons. The van der Waals surface area contributed by atoms with Crippen molar-refractivity contribution < 1.29 is 4.39 Å². The quantitative estimate of drug-likeness (QED) is 0.774. The average molecular weight is 196 g/mol. The van der Waals surface area contributed by atoms with E-state index in [9.17, 15) is 4.39 Å². The van der Waals surface area contributed by atoms with Crippen molar-refractivity contribution in [1.29, 1.82) is 0 Å². The summed E-state index contributed by atoms with van der Waals surface area (Å²) in [4.78, 5) is 0. The fourth-order valence-electron chi connectivity index (χ4n) is 1.38. The number of benzene rings is 1. The Kier molecular flexibility index (Phi) is 3.89. The van der Waals surface area contributed by atoms with Crippen molar-refractivity contribution >= 4 is 5.69 Å². The lowest BCUT2D eigenvalue weighted by Gasteiger charge is -2.14. The van der Waals surface area contributed by atoms with Crippen molar-refractivity contribution in [3.8, 4) is 0 Å². The van der Waals surface area contributed by atoms with E-state index >= 15 is 0 Å². The number of rotatable bonds is 4. The van der Waals surface area contributed by atoms with E-state index in [1.165, 1.54) is 12.1 Å². The topological polar surface area (TPSA) is 38.0 Å². The summed E-state index contributed by atoms with van der Waals surface area (Å²) < 4.78 is 12.9. The first-order valence-electron chi connectivity index (χ1n) is 4.88. The molecule has 0 aliphatic heterocycles. The molecule has 0 heterocycles. The predicted molar refractivity (Wildman–Crippen MR) is 57.9 cm³/mol. The third-order valence-corrected chi connectivity index (χ3v) is 1.93. The standard InChI is InChI=1S/C11H17FN2/c1-8(2)14-11-4-3-10(12)7-9(11)5-6-13/h3-4,7-8,14H,5-6,13H2,1-2H3. The van der Waals surface area contributed by atoms with Crippen LogP contribution in [0, 0.1) is 5.82 Å². The zero-order chi connectivity index (χ0) is 10.6. The van der Waals surface area contributed by atoms with Gasteiger partial charge in [-0.15, -0.1) is 0 Å². The van der Waals surface area contributed by atoms with Crippen molar-refractivity contribution in [3.63, 3.8) is 0 Å². The molecular weight excluding hydrogens is 179 g/mol. The molecule has 2 nitrogen and oxygen atoms in total. The highest BCUT2D eigenvalue weighted by Gasteiger charge is 2.04. The van der Waals surface area contributed by atoms with Crippen molar-refractivity contribution in [1.82, 2.24) is 0 Å². The van der Waals surface area contributed by atoms with Crippen LogP contribution in [0.15, 0.2) is 18.2 Å². The van der Waals surface area contributed by atoms with E-state index in [2.05, 4.69) is 19.2 Å². The van der Waals surface area contributed by atoms with Crippen LogP contribution in [0.2, 0.25) is 0 Å². The Labute approximate surface area is 84.3 Å². The van der Waals surface area contributed by atoms with Gasteiger partial charge in [0.25, 0.3) is 0 Å². The van der Waals surface area contributed by atoms with E-state index in [1.807, 2.05) is 0 Å². The second kappa shape index (κ2) is 4.96. The van der Waals surface area contributed by atoms with Gasteiger partial charge in [-0.3, -0.25) is 0 Å². The van der Waals surface area contributed by atoms with Crippen LogP contribution in [0.25, 0.3) is 0 Å². The summed E-state index contributed by atoms with van der Waals surface area (Å²) >= 11 is 0. The van der Waals surface area contributed by atoms with Crippen LogP contribution in [0.4, 0.5) is 10.1 Å². The largest absolute Gasteiger partial charge is 0.383 e. The molecule has 0 atom stereocenters. The van der Waals surface area contributed by atoms with Crippen molar-refractivity contribution in [2.75, 3.05) is 11.9 Å². The van der Waals surface area contributed by atoms with E-state index in [-0.39, 0.29) is 5.82 Å². The molecule has 3 N–H and O–H groups in total. The minimum atomic E-state index is -0.206. The van der Waals surface area contributed by atoms with Gasteiger partial charge in [0.05, 0.1) is 0 Å². The smallest absolute Gasteiger partial charge is 0.123 e. The first kappa shape index (κ1) is 11.0. The molecule has 78 valence electrons. The summed E-state index contributed by atoms with van der Waals surface area (Å²) in [5.41, 5.74) is 7.38. The van der Waals surface area contributed by atoms with E-state index < -0.39 is 0 Å². The number of hydrogen-bond donors (Lipinski definition) is 2. The van der Waals surface area contributed by atoms with Crippen LogP contribution in [0.1, 0.15) is 19.4 Å². The molecule has 14 heavy (non-hydrogen) atoms. The normalized spacial score (nSPS) is 10.6. The van der Waals surface area contributed by atoms with E-state index in [4.69, 9.17) is 5.73 Å². The predicted octanol–water partition coefficient (Wildman–Crippen LogP) is 2.15. The summed E-state index contributed by atoms with van der Waals surface area (Å²) in [5.74, 6) is -0.206. The lowest BCUT2D eigenvalue weighted by molar-refractivity contribution is 0.625. The van der Waals surface area contributed by atoms with Crippen LogP contribution in [-0.4, -0.2) is 12.6 Å². The highest BCUT2D eigenvalue weighted by molar-refractivity contribution is 5.52. The second-order valence-corrected chi connectivity index (χ2v) is 3.64. The number of halogens is 1. The third-order valence-electron chi connectivity index (χ3n) is 1.93. The molecule has 0 aliphatic carbocycles. The Morgan fingerprint density at radius 2 is 2.14 bits per heavy atom. The number of anilines is 1. The first-order chi connectivity index (χ1) is 6.63. The second-order valence-electron chi connectivity index (χ2n) is 3.64. The Morgan fingerprint density at radius 3 is 2.71 bits per heavy atom. The maximum Gasteiger partial charge on any atom is 0.123 e. The van der Waals surface area contributed by atoms with Gasteiger partial charge < -0.3 is 11.1 Å². The first-order valence-corrected chi connectivity index (χ1v) is 4.88. The molecule has 0 saturated heterocycles. The summed E-state index contributed by atoms with van der Waals surface area (Å²) in [7, 11) is 0. The molecule has 1 aromatic rings. The van der Waals surface area contributed by atoms with Crippen molar-refractivity contribution in [3.05, 3.63) is 29.6 Å². The minimum Gasteiger partial charge on any atom is -0.383 e. The number of hydrogen-bond acceptors (Lipinski definition) is 2. The highest BCUT2D eigenvalue weighted by atomic mass is 19.1. The highest BCUT2D eigenvalue weighted by Crippen LogP contribution is 2.18. The van der Waals surface area contributed by atoms with Crippen LogP contribution >= 0.6 is 0 Å². The lowest BCUT2D eigenvalue weighted by atomic mass is 10.1. The van der Waals surface area contributed by atoms with E-state index in [0.29, 0.717) is 19.0 Å². The molecular formula is C11H17FN2. The van der Waals surface area contributed by atoms with Crippen molar-refractivity contribution in [2.24, 2.45) is 5.73 Å². The molecule has 0 spiro atoms. The molecule has 0 bridgehead atoms. The van der Waals surface area contributed by atoms with Gasteiger partial charge in [-0.1, -0.05) is 0 Å². The maximum atomic E-state index is 12.9. The minimum absolute atomic E-state index is 0.206.